The average molecular weight is 262 g/mol. The van der Waals surface area contributed by atoms with Crippen molar-refractivity contribution in [2.24, 2.45) is 0 Å². The summed E-state index contributed by atoms with van der Waals surface area (Å²) in [4.78, 5) is 8.80. The van der Waals surface area contributed by atoms with E-state index >= 15 is 0 Å². The predicted molar refractivity (Wildman–Crippen MR) is 72.2 cm³/mol. The Morgan fingerprint density at radius 2 is 2.32 bits per heavy atom. The highest BCUT2D eigenvalue weighted by Gasteiger charge is 2.27. The lowest BCUT2D eigenvalue weighted by Gasteiger charge is -2.21. The molecule has 3 rings (SSSR count). The topological polar surface area (TPSA) is 75.2 Å². The van der Waals surface area contributed by atoms with Crippen molar-refractivity contribution in [3.05, 3.63) is 12.1 Å². The molecule has 2 N–H and O–H groups in total. The van der Waals surface area contributed by atoms with Crippen LogP contribution in [0.5, 0.6) is 5.88 Å². The van der Waals surface area contributed by atoms with E-state index in [2.05, 4.69) is 16.9 Å². The molecule has 102 valence electrons. The number of ether oxygens (including phenoxy) is 2. The third-order valence-electron chi connectivity index (χ3n) is 3.66. The van der Waals surface area contributed by atoms with Crippen LogP contribution in [0, 0.1) is 0 Å². The largest absolute Gasteiger partial charge is 0.481 e. The Kier molecular flexibility index (Phi) is 3.02. The molecule has 2 aromatic heterocycles. The number of pyridine rings is 1. The summed E-state index contributed by atoms with van der Waals surface area (Å²) in [6, 6.07) is 3.78. The van der Waals surface area contributed by atoms with Crippen molar-refractivity contribution in [3.63, 3.8) is 0 Å². The number of nitrogen functional groups attached to an aromatic ring is 1. The number of nitrogens with zero attached hydrogens (tertiary/aromatic N) is 3. The predicted octanol–water partition coefficient (Wildman–Crippen LogP) is 1.76. The lowest BCUT2D eigenvalue weighted by Crippen LogP contribution is -2.22. The van der Waals surface area contributed by atoms with Gasteiger partial charge in [0.25, 0.3) is 0 Å². The Labute approximate surface area is 111 Å². The van der Waals surface area contributed by atoms with E-state index in [1.54, 1.807) is 13.2 Å². The van der Waals surface area contributed by atoms with Crippen molar-refractivity contribution in [1.82, 2.24) is 14.5 Å². The highest BCUT2D eigenvalue weighted by molar-refractivity contribution is 5.75. The Bertz CT molecular complexity index is 590. The smallest absolute Gasteiger partial charge is 0.215 e. The van der Waals surface area contributed by atoms with Crippen molar-refractivity contribution in [1.29, 1.82) is 0 Å². The summed E-state index contributed by atoms with van der Waals surface area (Å²) in [5, 5.41) is 0. The molecular formula is C13H18N4O2. The first-order valence-corrected chi connectivity index (χ1v) is 6.50. The zero-order chi connectivity index (χ0) is 13.4. The van der Waals surface area contributed by atoms with Crippen LogP contribution in [0.2, 0.25) is 0 Å². The molecule has 1 fully saturated rings. The molecule has 6 heteroatoms. The summed E-state index contributed by atoms with van der Waals surface area (Å²) in [5.74, 6) is 1.03. The lowest BCUT2D eigenvalue weighted by atomic mass is 10.1. The number of aromatic nitrogens is 3. The van der Waals surface area contributed by atoms with Crippen molar-refractivity contribution >= 4 is 17.1 Å². The second-order valence-corrected chi connectivity index (χ2v) is 4.83. The molecule has 0 aromatic carbocycles. The van der Waals surface area contributed by atoms with Gasteiger partial charge < -0.3 is 15.2 Å². The van der Waals surface area contributed by atoms with Gasteiger partial charge >= 0.3 is 0 Å². The zero-order valence-electron chi connectivity index (χ0n) is 11.2. The van der Waals surface area contributed by atoms with Crippen molar-refractivity contribution in [2.45, 2.75) is 31.9 Å². The van der Waals surface area contributed by atoms with Gasteiger partial charge in [-0.1, -0.05) is 0 Å². The normalized spacial score (nSPS) is 20.8. The second kappa shape index (κ2) is 4.70. The molecular weight excluding hydrogens is 244 g/mol. The molecule has 0 saturated carbocycles. The van der Waals surface area contributed by atoms with Gasteiger partial charge in [-0.25, -0.2) is 4.98 Å². The van der Waals surface area contributed by atoms with E-state index in [1.807, 2.05) is 10.6 Å². The minimum atomic E-state index is 0.118. The van der Waals surface area contributed by atoms with E-state index in [9.17, 15) is 0 Å². The number of hydrogen-bond donors (Lipinski definition) is 1. The number of anilines is 1. The van der Waals surface area contributed by atoms with Crippen LogP contribution in [-0.2, 0) is 4.74 Å². The first-order valence-electron chi connectivity index (χ1n) is 6.50. The second-order valence-electron chi connectivity index (χ2n) is 4.83. The maximum atomic E-state index is 6.03. The minimum Gasteiger partial charge on any atom is -0.481 e. The molecule has 3 heterocycles. The minimum absolute atomic E-state index is 0.118. The van der Waals surface area contributed by atoms with E-state index in [0.29, 0.717) is 11.8 Å². The maximum Gasteiger partial charge on any atom is 0.215 e. The van der Waals surface area contributed by atoms with Gasteiger partial charge in [-0.15, -0.1) is 0 Å². The van der Waals surface area contributed by atoms with Crippen LogP contribution >= 0.6 is 0 Å². The summed E-state index contributed by atoms with van der Waals surface area (Å²) >= 11 is 0. The highest BCUT2D eigenvalue weighted by Crippen LogP contribution is 2.30. The molecule has 0 amide bonds. The summed E-state index contributed by atoms with van der Waals surface area (Å²) in [6.45, 7) is 2.91. The first kappa shape index (κ1) is 12.2. The summed E-state index contributed by atoms with van der Waals surface area (Å²) in [6.07, 6.45) is 2.32. The number of imidazole rings is 1. The van der Waals surface area contributed by atoms with Crippen LogP contribution < -0.4 is 10.5 Å². The van der Waals surface area contributed by atoms with Gasteiger partial charge in [-0.3, -0.25) is 4.57 Å². The van der Waals surface area contributed by atoms with Crippen molar-refractivity contribution in [2.75, 3.05) is 19.5 Å². The van der Waals surface area contributed by atoms with Gasteiger partial charge in [0.05, 0.1) is 19.3 Å². The molecule has 0 radical (unpaired) electrons. The van der Waals surface area contributed by atoms with E-state index in [4.69, 9.17) is 15.2 Å². The van der Waals surface area contributed by atoms with Crippen LogP contribution in [0.3, 0.4) is 0 Å². The molecule has 1 saturated heterocycles. The van der Waals surface area contributed by atoms with Crippen LogP contribution in [-0.4, -0.2) is 34.4 Å². The molecule has 0 bridgehead atoms. The SMILES string of the molecule is COc1ccc2nc(N)n(C(C)C3CCCO3)c2n1. The Balaban J connectivity index is 2.07. The molecule has 2 atom stereocenters. The number of nitrogens with two attached hydrogens (primary N) is 1. The van der Waals surface area contributed by atoms with E-state index in [0.717, 1.165) is 30.6 Å². The summed E-state index contributed by atoms with van der Waals surface area (Å²) < 4.78 is 12.8. The van der Waals surface area contributed by atoms with Crippen molar-refractivity contribution in [3.8, 4) is 5.88 Å². The maximum absolute atomic E-state index is 6.03. The van der Waals surface area contributed by atoms with Gasteiger partial charge in [0.2, 0.25) is 11.8 Å². The number of rotatable bonds is 3. The molecule has 1 aliphatic heterocycles. The summed E-state index contributed by atoms with van der Waals surface area (Å²) in [7, 11) is 1.60. The lowest BCUT2D eigenvalue weighted by molar-refractivity contribution is 0.0750. The molecule has 1 aliphatic rings. The molecule has 2 aromatic rings. The first-order chi connectivity index (χ1) is 9.20. The average Bonchev–Trinajstić information content (AvgIpc) is 3.03. The van der Waals surface area contributed by atoms with Gasteiger partial charge in [0, 0.05) is 12.7 Å². The third kappa shape index (κ3) is 2.02. The van der Waals surface area contributed by atoms with Crippen LogP contribution in [0.1, 0.15) is 25.8 Å². The van der Waals surface area contributed by atoms with Crippen molar-refractivity contribution < 1.29 is 9.47 Å². The molecule has 0 aliphatic carbocycles. The van der Waals surface area contributed by atoms with Gasteiger partial charge in [0.1, 0.15) is 5.52 Å². The fourth-order valence-electron chi connectivity index (χ4n) is 2.64. The molecule has 6 nitrogen and oxygen atoms in total. The molecule has 2 unspecified atom stereocenters. The van der Waals surface area contributed by atoms with Crippen LogP contribution in [0.25, 0.3) is 11.2 Å². The number of fused-ring (bicyclic) bond motifs is 1. The van der Waals surface area contributed by atoms with E-state index < -0.39 is 0 Å². The third-order valence-corrected chi connectivity index (χ3v) is 3.66. The van der Waals surface area contributed by atoms with E-state index in [-0.39, 0.29) is 12.1 Å². The monoisotopic (exact) mass is 262 g/mol. The van der Waals surface area contributed by atoms with Gasteiger partial charge in [-0.05, 0) is 25.8 Å². The number of methoxy groups -OCH3 is 1. The fourth-order valence-corrected chi connectivity index (χ4v) is 2.64. The Morgan fingerprint density at radius 3 is 3.00 bits per heavy atom. The molecule has 0 spiro atoms. The van der Waals surface area contributed by atoms with Gasteiger partial charge in [-0.2, -0.15) is 4.98 Å². The van der Waals surface area contributed by atoms with Crippen LogP contribution in [0.15, 0.2) is 12.1 Å². The Morgan fingerprint density at radius 1 is 1.47 bits per heavy atom. The van der Waals surface area contributed by atoms with Gasteiger partial charge in [0.15, 0.2) is 5.65 Å². The fraction of sp³-hybridized carbons (Fsp3) is 0.538. The standard InChI is InChI=1S/C13H18N4O2/c1-8(10-4-3-7-19-10)17-12-9(15-13(17)14)5-6-11(16-12)18-2/h5-6,8,10H,3-4,7H2,1-2H3,(H2,14,15). The molecule has 19 heavy (non-hydrogen) atoms. The quantitative estimate of drug-likeness (QED) is 0.912. The zero-order valence-corrected chi connectivity index (χ0v) is 11.2. The number of hydrogen-bond acceptors (Lipinski definition) is 5. The highest BCUT2D eigenvalue weighted by atomic mass is 16.5. The van der Waals surface area contributed by atoms with Crippen LogP contribution in [0.4, 0.5) is 5.95 Å². The Hall–Kier alpha value is -1.82. The van der Waals surface area contributed by atoms with E-state index in [1.165, 1.54) is 0 Å². The summed E-state index contributed by atoms with van der Waals surface area (Å²) in [5.41, 5.74) is 7.56.